The molecule has 22 heavy (non-hydrogen) atoms. The van der Waals surface area contributed by atoms with E-state index in [1.807, 2.05) is 0 Å². The molecule has 0 aliphatic carbocycles. The third-order valence-electron chi connectivity index (χ3n) is 3.61. The Hall–Kier alpha value is -2.63. The number of carboxylic acid groups (broad SMARTS) is 1. The summed E-state index contributed by atoms with van der Waals surface area (Å²) in [6.45, 7) is 3.21. The number of hydrogen-bond donors (Lipinski definition) is 2. The summed E-state index contributed by atoms with van der Waals surface area (Å²) in [5, 5.41) is 12.3. The quantitative estimate of drug-likeness (QED) is 0.838. The summed E-state index contributed by atoms with van der Waals surface area (Å²) in [4.78, 5) is 23.7. The van der Waals surface area contributed by atoms with Crippen LogP contribution in [-0.4, -0.2) is 24.2 Å². The van der Waals surface area contributed by atoms with Gasteiger partial charge in [-0.05, 0) is 19.9 Å². The topological polar surface area (TPSA) is 75.6 Å². The summed E-state index contributed by atoms with van der Waals surface area (Å²) >= 11 is 0. The van der Waals surface area contributed by atoms with Crippen LogP contribution in [0.5, 0.6) is 0 Å². The van der Waals surface area contributed by atoms with Gasteiger partial charge in [0.1, 0.15) is 5.82 Å². The fourth-order valence-corrected chi connectivity index (χ4v) is 2.68. The summed E-state index contributed by atoms with van der Waals surface area (Å²) in [5.74, 6) is -3.50. The number of ether oxygens (including phenoxy) is 1. The van der Waals surface area contributed by atoms with E-state index in [4.69, 9.17) is 4.74 Å². The molecule has 2 rings (SSSR count). The molecule has 116 valence electrons. The maximum absolute atomic E-state index is 14.2. The molecule has 1 aromatic rings. The maximum atomic E-state index is 14.2. The average molecular weight is 305 g/mol. The molecule has 0 saturated carbocycles. The highest BCUT2D eigenvalue weighted by Gasteiger charge is 2.38. The van der Waals surface area contributed by atoms with E-state index >= 15 is 0 Å². The molecule has 1 aromatic carbocycles. The van der Waals surface area contributed by atoms with Crippen LogP contribution in [0.25, 0.3) is 0 Å². The Morgan fingerprint density at radius 2 is 1.77 bits per heavy atom. The lowest BCUT2D eigenvalue weighted by Crippen LogP contribution is -2.31. The van der Waals surface area contributed by atoms with E-state index in [2.05, 4.69) is 5.32 Å². The third kappa shape index (κ3) is 2.59. The zero-order valence-electron chi connectivity index (χ0n) is 12.4. The molecule has 1 aliphatic rings. The number of benzene rings is 1. The first-order chi connectivity index (χ1) is 10.4. The zero-order valence-corrected chi connectivity index (χ0v) is 12.4. The second kappa shape index (κ2) is 6.01. The van der Waals surface area contributed by atoms with E-state index in [0.717, 1.165) is 0 Å². The van der Waals surface area contributed by atoms with Crippen LogP contribution in [-0.2, 0) is 14.3 Å². The Morgan fingerprint density at radius 1 is 1.18 bits per heavy atom. The van der Waals surface area contributed by atoms with Crippen LogP contribution in [0, 0.1) is 5.82 Å². The normalized spacial score (nSPS) is 18.1. The van der Waals surface area contributed by atoms with Crippen molar-refractivity contribution in [3.05, 3.63) is 58.2 Å². The molecule has 1 unspecified atom stereocenters. The van der Waals surface area contributed by atoms with Crippen LogP contribution in [0.3, 0.4) is 0 Å². The van der Waals surface area contributed by atoms with Crippen molar-refractivity contribution in [2.75, 3.05) is 7.11 Å². The van der Waals surface area contributed by atoms with Crippen LogP contribution < -0.4 is 5.32 Å². The number of halogens is 1. The van der Waals surface area contributed by atoms with E-state index in [9.17, 15) is 19.1 Å². The average Bonchev–Trinajstić information content (AvgIpc) is 2.45. The zero-order chi connectivity index (χ0) is 16.4. The smallest absolute Gasteiger partial charge is 0.336 e. The van der Waals surface area contributed by atoms with Crippen molar-refractivity contribution in [1.29, 1.82) is 0 Å². The summed E-state index contributed by atoms with van der Waals surface area (Å²) in [5.41, 5.74) is 0.959. The second-order valence-electron chi connectivity index (χ2n) is 4.95. The molecule has 0 radical (unpaired) electrons. The number of aliphatic carboxylic acids is 1. The molecule has 1 atom stereocenters. The summed E-state index contributed by atoms with van der Waals surface area (Å²) < 4.78 is 18.9. The van der Waals surface area contributed by atoms with Gasteiger partial charge in [0, 0.05) is 17.0 Å². The van der Waals surface area contributed by atoms with Gasteiger partial charge >= 0.3 is 11.9 Å². The largest absolute Gasteiger partial charge is 0.478 e. The number of hydrogen-bond acceptors (Lipinski definition) is 4. The Morgan fingerprint density at radius 3 is 2.32 bits per heavy atom. The van der Waals surface area contributed by atoms with Crippen LogP contribution in [0.15, 0.2) is 46.8 Å². The first-order valence-corrected chi connectivity index (χ1v) is 6.63. The molecule has 0 amide bonds. The van der Waals surface area contributed by atoms with Crippen LogP contribution in [0.2, 0.25) is 0 Å². The van der Waals surface area contributed by atoms with Crippen molar-refractivity contribution in [2.24, 2.45) is 0 Å². The van der Waals surface area contributed by atoms with Gasteiger partial charge in [-0.3, -0.25) is 0 Å². The van der Waals surface area contributed by atoms with E-state index in [1.165, 1.54) is 25.3 Å². The molecule has 0 bridgehead atoms. The second-order valence-corrected chi connectivity index (χ2v) is 4.95. The van der Waals surface area contributed by atoms with E-state index < -0.39 is 23.7 Å². The molecule has 0 spiro atoms. The SMILES string of the molecule is COC(=O)C1=C(C)NC(C)=C(C(=O)O)C1c1ccccc1F. The van der Waals surface area contributed by atoms with Gasteiger partial charge in [0.25, 0.3) is 0 Å². The minimum atomic E-state index is -1.22. The van der Waals surface area contributed by atoms with Crippen molar-refractivity contribution in [2.45, 2.75) is 19.8 Å². The first-order valence-electron chi connectivity index (χ1n) is 6.63. The Bertz CT molecular complexity index is 706. The number of methoxy groups -OCH3 is 1. The maximum Gasteiger partial charge on any atom is 0.336 e. The van der Waals surface area contributed by atoms with Crippen LogP contribution in [0.4, 0.5) is 4.39 Å². The fraction of sp³-hybridized carbons (Fsp3) is 0.250. The number of esters is 1. The lowest BCUT2D eigenvalue weighted by Gasteiger charge is -2.29. The molecule has 1 heterocycles. The summed E-state index contributed by atoms with van der Waals surface area (Å²) in [7, 11) is 1.20. The van der Waals surface area contributed by atoms with E-state index in [1.54, 1.807) is 19.9 Å². The molecular formula is C16H16FNO4. The Labute approximate surface area is 127 Å². The van der Waals surface area contributed by atoms with Gasteiger partial charge in [0.05, 0.1) is 24.2 Å². The van der Waals surface area contributed by atoms with Crippen molar-refractivity contribution < 1.29 is 23.8 Å². The fourth-order valence-electron chi connectivity index (χ4n) is 2.68. The van der Waals surface area contributed by atoms with E-state index in [-0.39, 0.29) is 16.7 Å². The molecule has 0 fully saturated rings. The number of dihydropyridines is 1. The monoisotopic (exact) mass is 305 g/mol. The third-order valence-corrected chi connectivity index (χ3v) is 3.61. The molecule has 0 aromatic heterocycles. The molecule has 0 saturated heterocycles. The number of carbonyl (C=O) groups is 2. The summed E-state index contributed by atoms with van der Waals surface area (Å²) in [6, 6.07) is 5.80. The number of allylic oxidation sites excluding steroid dienone is 2. The van der Waals surface area contributed by atoms with Gasteiger partial charge in [-0.25, -0.2) is 14.0 Å². The highest BCUT2D eigenvalue weighted by molar-refractivity contribution is 5.99. The highest BCUT2D eigenvalue weighted by atomic mass is 19.1. The van der Waals surface area contributed by atoms with Crippen molar-refractivity contribution in [3.8, 4) is 0 Å². The van der Waals surface area contributed by atoms with Crippen LogP contribution in [0.1, 0.15) is 25.3 Å². The minimum Gasteiger partial charge on any atom is -0.478 e. The predicted molar refractivity (Wildman–Crippen MR) is 77.3 cm³/mol. The van der Waals surface area contributed by atoms with E-state index in [0.29, 0.717) is 11.4 Å². The van der Waals surface area contributed by atoms with Gasteiger partial charge in [-0.2, -0.15) is 0 Å². The van der Waals surface area contributed by atoms with Crippen LogP contribution >= 0.6 is 0 Å². The Balaban J connectivity index is 2.73. The van der Waals surface area contributed by atoms with Gasteiger partial charge in [-0.15, -0.1) is 0 Å². The standard InChI is InChI=1S/C16H16FNO4/c1-8-12(15(19)20)14(10-6-4-5-7-11(10)17)13(9(2)18-8)16(21)22-3/h4-7,14,18H,1-3H3,(H,19,20). The van der Waals surface area contributed by atoms with Gasteiger partial charge < -0.3 is 15.2 Å². The molecular weight excluding hydrogens is 289 g/mol. The van der Waals surface area contributed by atoms with Gasteiger partial charge in [-0.1, -0.05) is 18.2 Å². The molecule has 1 aliphatic heterocycles. The van der Waals surface area contributed by atoms with Crippen molar-refractivity contribution in [1.82, 2.24) is 5.32 Å². The predicted octanol–water partition coefficient (Wildman–Crippen LogP) is 2.32. The minimum absolute atomic E-state index is 0.0731. The lowest BCUT2D eigenvalue weighted by molar-refractivity contribution is -0.136. The summed E-state index contributed by atoms with van der Waals surface area (Å²) in [6.07, 6.45) is 0. The molecule has 5 nitrogen and oxygen atoms in total. The number of nitrogens with one attached hydrogen (secondary N) is 1. The van der Waals surface area contributed by atoms with Gasteiger partial charge in [0.2, 0.25) is 0 Å². The van der Waals surface area contributed by atoms with Crippen molar-refractivity contribution in [3.63, 3.8) is 0 Å². The Kier molecular flexibility index (Phi) is 4.30. The van der Waals surface area contributed by atoms with Gasteiger partial charge in [0.15, 0.2) is 0 Å². The molecule has 6 heteroatoms. The molecule has 2 N–H and O–H groups in total. The number of carboxylic acids is 1. The number of carbonyl (C=O) groups excluding carboxylic acids is 1. The van der Waals surface area contributed by atoms with Crippen molar-refractivity contribution >= 4 is 11.9 Å². The lowest BCUT2D eigenvalue weighted by atomic mass is 9.80. The highest BCUT2D eigenvalue weighted by Crippen LogP contribution is 2.39. The number of rotatable bonds is 3. The first kappa shape index (κ1) is 15.8.